The number of carbonyl (C=O) groups is 3. The van der Waals surface area contributed by atoms with E-state index in [0.29, 0.717) is 22.6 Å². The molecule has 3 aromatic carbocycles. The van der Waals surface area contributed by atoms with E-state index in [-0.39, 0.29) is 18.8 Å². The molecular weight excluding hydrogens is 418 g/mol. The summed E-state index contributed by atoms with van der Waals surface area (Å²) in [7, 11) is 0. The van der Waals surface area contributed by atoms with Gasteiger partial charge in [0.25, 0.3) is 5.91 Å². The number of ether oxygens (including phenoxy) is 2. The first-order valence-electron chi connectivity index (χ1n) is 10.7. The largest absolute Gasteiger partial charge is 0.493 e. The van der Waals surface area contributed by atoms with E-state index >= 15 is 0 Å². The molecule has 0 saturated carbocycles. The lowest BCUT2D eigenvalue weighted by Gasteiger charge is -2.18. The van der Waals surface area contributed by atoms with Gasteiger partial charge in [0.15, 0.2) is 5.78 Å². The van der Waals surface area contributed by atoms with E-state index in [1.165, 1.54) is 6.92 Å². The minimum Gasteiger partial charge on any atom is -0.493 e. The maximum atomic E-state index is 13.0. The van der Waals surface area contributed by atoms with Gasteiger partial charge in [-0.2, -0.15) is 0 Å². The molecule has 1 unspecified atom stereocenters. The van der Waals surface area contributed by atoms with Crippen LogP contribution >= 0.6 is 0 Å². The number of ketones is 1. The van der Waals surface area contributed by atoms with Gasteiger partial charge in [0, 0.05) is 16.8 Å². The second-order valence-corrected chi connectivity index (χ2v) is 7.77. The van der Waals surface area contributed by atoms with E-state index in [4.69, 9.17) is 9.47 Å². The Morgan fingerprint density at radius 3 is 2.39 bits per heavy atom. The molecule has 6 nitrogen and oxygen atoms in total. The molecule has 3 rings (SSSR count). The lowest BCUT2D eigenvalue weighted by molar-refractivity contribution is -0.155. The molecule has 0 radical (unpaired) electrons. The van der Waals surface area contributed by atoms with Crippen molar-refractivity contribution in [1.29, 1.82) is 0 Å². The highest BCUT2D eigenvalue weighted by Crippen LogP contribution is 2.22. The highest BCUT2D eigenvalue weighted by molar-refractivity contribution is 5.99. The fourth-order valence-electron chi connectivity index (χ4n) is 3.22. The lowest BCUT2D eigenvalue weighted by Crippen LogP contribution is -2.26. The van der Waals surface area contributed by atoms with Gasteiger partial charge >= 0.3 is 5.97 Å². The maximum absolute atomic E-state index is 13.0. The molecule has 1 atom stereocenters. The molecule has 1 amide bonds. The number of anilines is 1. The number of hydrogen-bond donors (Lipinski definition) is 1. The van der Waals surface area contributed by atoms with Crippen molar-refractivity contribution in [3.63, 3.8) is 0 Å². The quantitative estimate of drug-likeness (QED) is 0.362. The number of rotatable bonds is 9. The number of hydrogen-bond acceptors (Lipinski definition) is 5. The van der Waals surface area contributed by atoms with Crippen molar-refractivity contribution in [2.45, 2.75) is 33.3 Å². The number of benzene rings is 3. The lowest BCUT2D eigenvalue weighted by atomic mass is 10.1. The van der Waals surface area contributed by atoms with Crippen LogP contribution in [0.3, 0.4) is 0 Å². The summed E-state index contributed by atoms with van der Waals surface area (Å²) in [5.74, 6) is -0.459. The van der Waals surface area contributed by atoms with Crippen molar-refractivity contribution in [3.8, 4) is 5.75 Å². The van der Waals surface area contributed by atoms with Gasteiger partial charge in [0.2, 0.25) is 6.10 Å². The summed E-state index contributed by atoms with van der Waals surface area (Å²) in [6.45, 7) is 5.49. The van der Waals surface area contributed by atoms with E-state index in [1.807, 2.05) is 38.1 Å². The highest BCUT2D eigenvalue weighted by atomic mass is 16.6. The van der Waals surface area contributed by atoms with Crippen molar-refractivity contribution in [2.75, 3.05) is 11.9 Å². The Morgan fingerprint density at radius 2 is 1.67 bits per heavy atom. The Labute approximate surface area is 193 Å². The van der Waals surface area contributed by atoms with E-state index in [0.717, 1.165) is 11.1 Å². The summed E-state index contributed by atoms with van der Waals surface area (Å²) in [6, 6.07) is 21.3. The van der Waals surface area contributed by atoms with Crippen molar-refractivity contribution in [1.82, 2.24) is 0 Å². The monoisotopic (exact) mass is 445 g/mol. The maximum Gasteiger partial charge on any atom is 0.310 e. The topological polar surface area (TPSA) is 81.7 Å². The van der Waals surface area contributed by atoms with Gasteiger partial charge in [-0.3, -0.25) is 14.4 Å². The number of Topliss-reactive ketones (excluding diaryl/α,β-unsaturated/α-hetero) is 1. The fourth-order valence-corrected chi connectivity index (χ4v) is 3.22. The molecule has 0 bridgehead atoms. The molecule has 170 valence electrons. The summed E-state index contributed by atoms with van der Waals surface area (Å²) in [5, 5.41) is 2.74. The van der Waals surface area contributed by atoms with Crippen LogP contribution in [0.25, 0.3) is 0 Å². The van der Waals surface area contributed by atoms with Gasteiger partial charge in [-0.25, -0.2) is 0 Å². The normalized spacial score (nSPS) is 11.4. The first-order valence-corrected chi connectivity index (χ1v) is 10.7. The first kappa shape index (κ1) is 23.7. The molecule has 0 aliphatic heterocycles. The smallest absolute Gasteiger partial charge is 0.310 e. The number of esters is 1. The molecule has 0 spiro atoms. The number of amides is 1. The summed E-state index contributed by atoms with van der Waals surface area (Å²) >= 11 is 0. The molecule has 0 aromatic heterocycles. The minimum atomic E-state index is -1.14. The van der Waals surface area contributed by atoms with Crippen molar-refractivity contribution in [2.24, 2.45) is 0 Å². The third-order valence-corrected chi connectivity index (χ3v) is 5.03. The van der Waals surface area contributed by atoms with Crippen molar-refractivity contribution < 1.29 is 23.9 Å². The molecule has 0 fully saturated rings. The standard InChI is InChI=1S/C27H27NO5/c1-18-12-13-19(2)24(16-18)32-15-14-25(30)33-26(21-8-5-4-6-9-21)27(31)28-23-11-7-10-22(17-23)20(3)29/h4-13,16-17,26H,14-15H2,1-3H3,(H,28,31). The van der Waals surface area contributed by atoms with E-state index < -0.39 is 18.0 Å². The minimum absolute atomic E-state index is 0.0101. The SMILES string of the molecule is CC(=O)c1cccc(NC(=O)C(OC(=O)CCOc2cc(C)ccc2C)c2ccccc2)c1. The molecule has 3 aromatic rings. The Kier molecular flexibility index (Phi) is 7.97. The zero-order valence-corrected chi connectivity index (χ0v) is 19.0. The van der Waals surface area contributed by atoms with Gasteiger partial charge < -0.3 is 14.8 Å². The second-order valence-electron chi connectivity index (χ2n) is 7.77. The van der Waals surface area contributed by atoms with Gasteiger partial charge in [0.1, 0.15) is 5.75 Å². The Bertz CT molecular complexity index is 1140. The third kappa shape index (κ3) is 6.77. The number of carbonyl (C=O) groups excluding carboxylic acids is 3. The predicted octanol–water partition coefficient (Wildman–Crippen LogP) is 5.20. The molecule has 0 saturated heterocycles. The molecule has 1 N–H and O–H groups in total. The Hall–Kier alpha value is -3.93. The molecule has 0 heterocycles. The van der Waals surface area contributed by atoms with Gasteiger partial charge in [-0.05, 0) is 50.1 Å². The van der Waals surface area contributed by atoms with Crippen LogP contribution in [-0.2, 0) is 14.3 Å². The van der Waals surface area contributed by atoms with Crippen LogP contribution in [0.4, 0.5) is 5.69 Å². The highest BCUT2D eigenvalue weighted by Gasteiger charge is 2.25. The van der Waals surface area contributed by atoms with Crippen LogP contribution in [-0.4, -0.2) is 24.3 Å². The Balaban J connectivity index is 1.67. The van der Waals surface area contributed by atoms with Gasteiger partial charge in [-0.15, -0.1) is 0 Å². The molecule has 0 aliphatic carbocycles. The average Bonchev–Trinajstić information content (AvgIpc) is 2.80. The van der Waals surface area contributed by atoms with E-state index in [2.05, 4.69) is 5.32 Å². The zero-order valence-electron chi connectivity index (χ0n) is 19.0. The molecular formula is C27H27NO5. The number of aryl methyl sites for hydroxylation is 2. The van der Waals surface area contributed by atoms with Crippen molar-refractivity contribution >= 4 is 23.3 Å². The fraction of sp³-hybridized carbons (Fsp3) is 0.222. The summed E-state index contributed by atoms with van der Waals surface area (Å²) < 4.78 is 11.3. The average molecular weight is 446 g/mol. The van der Waals surface area contributed by atoms with Crippen LogP contribution in [0.5, 0.6) is 5.75 Å². The third-order valence-electron chi connectivity index (χ3n) is 5.03. The Morgan fingerprint density at radius 1 is 0.909 bits per heavy atom. The molecule has 0 aliphatic rings. The van der Waals surface area contributed by atoms with Gasteiger partial charge in [-0.1, -0.05) is 54.6 Å². The van der Waals surface area contributed by atoms with Crippen LogP contribution in [0, 0.1) is 13.8 Å². The van der Waals surface area contributed by atoms with Crippen molar-refractivity contribution in [3.05, 3.63) is 95.1 Å². The van der Waals surface area contributed by atoms with Crippen LogP contribution in [0.1, 0.15) is 46.5 Å². The summed E-state index contributed by atoms with van der Waals surface area (Å²) in [4.78, 5) is 37.2. The first-order chi connectivity index (χ1) is 15.8. The van der Waals surface area contributed by atoms with E-state index in [9.17, 15) is 14.4 Å². The summed E-state index contributed by atoms with van der Waals surface area (Å²) in [5.41, 5.74) is 3.50. The molecule has 33 heavy (non-hydrogen) atoms. The van der Waals surface area contributed by atoms with Crippen LogP contribution in [0.15, 0.2) is 72.8 Å². The number of nitrogens with one attached hydrogen (secondary N) is 1. The summed E-state index contributed by atoms with van der Waals surface area (Å²) in [6.07, 6.45) is -1.15. The second kappa shape index (κ2) is 11.1. The van der Waals surface area contributed by atoms with Crippen LogP contribution < -0.4 is 10.1 Å². The van der Waals surface area contributed by atoms with Gasteiger partial charge in [0.05, 0.1) is 13.0 Å². The predicted molar refractivity (Wildman–Crippen MR) is 126 cm³/mol. The zero-order chi connectivity index (χ0) is 23.8. The van der Waals surface area contributed by atoms with E-state index in [1.54, 1.807) is 48.5 Å². The van der Waals surface area contributed by atoms with Crippen LogP contribution in [0.2, 0.25) is 0 Å². The molecule has 6 heteroatoms.